The molecule has 28 heavy (non-hydrogen) atoms. The predicted octanol–water partition coefficient (Wildman–Crippen LogP) is 1.70. The fourth-order valence-electron chi connectivity index (χ4n) is 3.85. The first-order valence-corrected chi connectivity index (χ1v) is 9.67. The van der Waals surface area contributed by atoms with Gasteiger partial charge < -0.3 is 9.47 Å². The zero-order chi connectivity index (χ0) is 19.5. The first-order valence-electron chi connectivity index (χ1n) is 9.67. The smallest absolute Gasteiger partial charge is 0.270 e. The highest BCUT2D eigenvalue weighted by Crippen LogP contribution is 2.26. The third kappa shape index (κ3) is 3.81. The topological polar surface area (TPSA) is 83.7 Å². The summed E-state index contributed by atoms with van der Waals surface area (Å²) in [6, 6.07) is 9.70. The molecular formula is C20H24N6O2. The number of benzene rings is 1. The van der Waals surface area contributed by atoms with Crippen LogP contribution in [0.25, 0.3) is 0 Å². The van der Waals surface area contributed by atoms with Gasteiger partial charge in [-0.3, -0.25) is 9.59 Å². The van der Waals surface area contributed by atoms with Crippen LogP contribution in [0, 0.1) is 0 Å². The summed E-state index contributed by atoms with van der Waals surface area (Å²) in [6.45, 7) is 1.70. The summed E-state index contributed by atoms with van der Waals surface area (Å²) < 4.78 is 1.91. The van der Waals surface area contributed by atoms with Crippen molar-refractivity contribution < 1.29 is 9.59 Å². The van der Waals surface area contributed by atoms with Gasteiger partial charge in [-0.05, 0) is 18.4 Å². The lowest BCUT2D eigenvalue weighted by Gasteiger charge is -2.33. The van der Waals surface area contributed by atoms with Gasteiger partial charge in [0.2, 0.25) is 5.91 Å². The largest absolute Gasteiger partial charge is 0.337 e. The lowest BCUT2D eigenvalue weighted by Crippen LogP contribution is -2.45. The van der Waals surface area contributed by atoms with Crippen LogP contribution in [-0.4, -0.2) is 55.3 Å². The highest BCUT2D eigenvalue weighted by molar-refractivity contribution is 6.39. The maximum atomic E-state index is 13.1. The van der Waals surface area contributed by atoms with Gasteiger partial charge in [-0.15, -0.1) is 10.2 Å². The molecule has 1 aromatic heterocycles. The second-order valence-electron chi connectivity index (χ2n) is 7.37. The molecule has 2 aromatic rings. The molecule has 0 spiro atoms. The van der Waals surface area contributed by atoms with E-state index in [1.54, 1.807) is 6.33 Å². The quantitative estimate of drug-likeness (QED) is 0.808. The molecule has 146 valence electrons. The molecule has 8 nitrogen and oxygen atoms in total. The molecule has 1 atom stereocenters. The molecule has 4 rings (SSSR count). The number of carbonyl (C=O) groups excluding carboxylic acids is 2. The van der Waals surface area contributed by atoms with E-state index in [-0.39, 0.29) is 17.7 Å². The Morgan fingerprint density at radius 2 is 2.04 bits per heavy atom. The van der Waals surface area contributed by atoms with Crippen LogP contribution in [0.2, 0.25) is 0 Å². The fraction of sp³-hybridized carbons (Fsp3) is 0.450. The minimum absolute atomic E-state index is 0.0454. The van der Waals surface area contributed by atoms with Crippen molar-refractivity contribution in [3.63, 3.8) is 0 Å². The Labute approximate surface area is 163 Å². The molecule has 2 aliphatic rings. The van der Waals surface area contributed by atoms with Crippen LogP contribution in [0.15, 0.2) is 41.8 Å². The van der Waals surface area contributed by atoms with Gasteiger partial charge in [0.05, 0.1) is 6.54 Å². The summed E-state index contributed by atoms with van der Waals surface area (Å²) in [7, 11) is 1.92. The second kappa shape index (κ2) is 7.92. The Hall–Kier alpha value is -3.03. The van der Waals surface area contributed by atoms with Gasteiger partial charge in [-0.1, -0.05) is 30.3 Å². The number of likely N-dealkylation sites (tertiary alicyclic amines) is 1. The van der Waals surface area contributed by atoms with E-state index in [2.05, 4.69) is 15.3 Å². The van der Waals surface area contributed by atoms with E-state index in [1.165, 1.54) is 5.01 Å². The van der Waals surface area contributed by atoms with Gasteiger partial charge in [0.1, 0.15) is 17.9 Å². The average molecular weight is 380 g/mol. The second-order valence-corrected chi connectivity index (χ2v) is 7.37. The molecule has 1 saturated heterocycles. The summed E-state index contributed by atoms with van der Waals surface area (Å²) in [5, 5.41) is 14.0. The van der Waals surface area contributed by atoms with Crippen LogP contribution in [0.4, 0.5) is 0 Å². The molecule has 0 bridgehead atoms. The monoisotopic (exact) mass is 380 g/mol. The Balaban J connectivity index is 1.48. The lowest BCUT2D eigenvalue weighted by atomic mass is 9.96. The van der Waals surface area contributed by atoms with Crippen molar-refractivity contribution in [2.24, 2.45) is 12.1 Å². The average Bonchev–Trinajstić information content (AvgIpc) is 3.16. The zero-order valence-corrected chi connectivity index (χ0v) is 16.0. The van der Waals surface area contributed by atoms with Gasteiger partial charge in [0, 0.05) is 38.9 Å². The van der Waals surface area contributed by atoms with E-state index in [1.807, 2.05) is 46.8 Å². The number of piperidine rings is 1. The number of amides is 2. The Bertz CT molecular complexity index is 891. The normalized spacial score (nSPS) is 20.2. The summed E-state index contributed by atoms with van der Waals surface area (Å²) in [6.07, 6.45) is 4.31. The third-order valence-electron chi connectivity index (χ3n) is 5.35. The molecule has 0 N–H and O–H groups in total. The van der Waals surface area contributed by atoms with Gasteiger partial charge in [-0.25, -0.2) is 5.01 Å². The molecule has 1 aromatic carbocycles. The lowest BCUT2D eigenvalue weighted by molar-refractivity contribution is -0.132. The number of rotatable bonds is 4. The van der Waals surface area contributed by atoms with Crippen LogP contribution in [0.3, 0.4) is 0 Å². The number of nitrogens with zero attached hydrogens (tertiary/aromatic N) is 6. The standard InChI is InChI=1S/C20H24N6O2/c1-24-14-21-22-19(24)16-8-5-11-25(13-16)20(28)17-9-10-18(27)26(23-17)12-15-6-3-2-4-7-15/h2-4,6-7,14,16H,5,8-13H2,1H3. The maximum Gasteiger partial charge on any atom is 0.270 e. The van der Waals surface area contributed by atoms with Crippen LogP contribution in [0.5, 0.6) is 0 Å². The Kier molecular flexibility index (Phi) is 5.18. The number of hydrogen-bond acceptors (Lipinski definition) is 5. The van der Waals surface area contributed by atoms with E-state index in [9.17, 15) is 9.59 Å². The van der Waals surface area contributed by atoms with Gasteiger partial charge >= 0.3 is 0 Å². The highest BCUT2D eigenvalue weighted by Gasteiger charge is 2.32. The first kappa shape index (κ1) is 18.3. The van der Waals surface area contributed by atoms with E-state index < -0.39 is 0 Å². The predicted molar refractivity (Wildman–Crippen MR) is 103 cm³/mol. The molecule has 2 amide bonds. The molecular weight excluding hydrogens is 356 g/mol. The molecule has 3 heterocycles. The van der Waals surface area contributed by atoms with Gasteiger partial charge in [0.15, 0.2) is 0 Å². The van der Waals surface area contributed by atoms with E-state index in [4.69, 9.17) is 0 Å². The molecule has 1 unspecified atom stereocenters. The van der Waals surface area contributed by atoms with Crippen molar-refractivity contribution >= 4 is 17.5 Å². The highest BCUT2D eigenvalue weighted by atomic mass is 16.2. The third-order valence-corrected chi connectivity index (χ3v) is 5.35. The minimum Gasteiger partial charge on any atom is -0.337 e. The van der Waals surface area contributed by atoms with Crippen molar-refractivity contribution in [1.29, 1.82) is 0 Å². The minimum atomic E-state index is -0.0718. The van der Waals surface area contributed by atoms with Gasteiger partial charge in [0.25, 0.3) is 5.91 Å². The van der Waals surface area contributed by atoms with E-state index in [0.29, 0.717) is 38.2 Å². The van der Waals surface area contributed by atoms with Crippen LogP contribution in [0.1, 0.15) is 43.0 Å². The fourth-order valence-corrected chi connectivity index (χ4v) is 3.85. The molecule has 8 heteroatoms. The van der Waals surface area contributed by atoms with Gasteiger partial charge in [-0.2, -0.15) is 5.10 Å². The van der Waals surface area contributed by atoms with Crippen LogP contribution in [-0.2, 0) is 23.2 Å². The Morgan fingerprint density at radius 3 is 2.79 bits per heavy atom. The van der Waals surface area contributed by atoms with Crippen molar-refractivity contribution in [1.82, 2.24) is 24.7 Å². The number of hydrogen-bond donors (Lipinski definition) is 0. The maximum absolute atomic E-state index is 13.1. The molecule has 0 saturated carbocycles. The van der Waals surface area contributed by atoms with Crippen molar-refractivity contribution in [3.8, 4) is 0 Å². The molecule has 0 aliphatic carbocycles. The van der Waals surface area contributed by atoms with Crippen LogP contribution >= 0.6 is 0 Å². The summed E-state index contributed by atoms with van der Waals surface area (Å²) in [5.41, 5.74) is 1.46. The summed E-state index contributed by atoms with van der Waals surface area (Å²) in [4.78, 5) is 27.2. The number of carbonyl (C=O) groups is 2. The Morgan fingerprint density at radius 1 is 1.21 bits per heavy atom. The van der Waals surface area contributed by atoms with Crippen LogP contribution < -0.4 is 0 Å². The zero-order valence-electron chi connectivity index (χ0n) is 16.0. The van der Waals surface area contributed by atoms with Crippen molar-refractivity contribution in [2.75, 3.05) is 13.1 Å². The number of aromatic nitrogens is 3. The first-order chi connectivity index (χ1) is 13.6. The number of aryl methyl sites for hydroxylation is 1. The molecule has 1 fully saturated rings. The van der Waals surface area contributed by atoms with Crippen molar-refractivity contribution in [3.05, 3.63) is 48.0 Å². The summed E-state index contributed by atoms with van der Waals surface area (Å²) in [5.74, 6) is 0.967. The molecule has 0 radical (unpaired) electrons. The SMILES string of the molecule is Cn1cnnc1C1CCCN(C(=O)C2=NN(Cc3ccccc3)C(=O)CC2)C1. The summed E-state index contributed by atoms with van der Waals surface area (Å²) >= 11 is 0. The van der Waals surface area contributed by atoms with E-state index >= 15 is 0 Å². The number of hydrazone groups is 1. The molecule has 2 aliphatic heterocycles. The van der Waals surface area contributed by atoms with Crippen molar-refractivity contribution in [2.45, 2.75) is 38.1 Å². The van der Waals surface area contributed by atoms with E-state index in [0.717, 1.165) is 24.2 Å².